The molecule has 0 spiro atoms. The lowest BCUT2D eigenvalue weighted by Gasteiger charge is -2.28. The van der Waals surface area contributed by atoms with Gasteiger partial charge in [0.15, 0.2) is 0 Å². The van der Waals surface area contributed by atoms with Gasteiger partial charge in [-0.3, -0.25) is 0 Å². The lowest BCUT2D eigenvalue weighted by Crippen LogP contribution is -2.19. The molecule has 3 aromatic carbocycles. The van der Waals surface area contributed by atoms with E-state index in [1.807, 2.05) is 0 Å². The highest BCUT2D eigenvalue weighted by molar-refractivity contribution is 7.72. The van der Waals surface area contributed by atoms with Crippen molar-refractivity contribution in [1.29, 1.82) is 0 Å². The molecule has 2 N–H and O–H groups in total. The number of para-hydroxylation sites is 1. The van der Waals surface area contributed by atoms with Crippen LogP contribution in [0.25, 0.3) is 0 Å². The molecule has 0 saturated heterocycles. The van der Waals surface area contributed by atoms with Crippen molar-refractivity contribution in [3.05, 3.63) is 83.4 Å². The molecule has 0 aromatic heterocycles. The van der Waals surface area contributed by atoms with Crippen LogP contribution in [0.15, 0.2) is 66.7 Å². The van der Waals surface area contributed by atoms with Crippen LogP contribution in [0.3, 0.4) is 0 Å². The summed E-state index contributed by atoms with van der Waals surface area (Å²) in [4.78, 5) is 0. The molecule has 0 fully saturated rings. The summed E-state index contributed by atoms with van der Waals surface area (Å²) in [5.74, 6) is 0.410. The molecule has 3 aromatic rings. The molecule has 2 nitrogen and oxygen atoms in total. The summed E-state index contributed by atoms with van der Waals surface area (Å²) in [5, 5.41) is 17.4. The van der Waals surface area contributed by atoms with Crippen LogP contribution >= 0.6 is 7.92 Å². The Morgan fingerprint density at radius 1 is 0.806 bits per heavy atom. The first-order valence-corrected chi connectivity index (χ1v) is 12.8. The fourth-order valence-corrected chi connectivity index (χ4v) is 5.45. The predicted molar refractivity (Wildman–Crippen MR) is 138 cm³/mol. The van der Waals surface area contributed by atoms with Crippen molar-refractivity contribution in [3.8, 4) is 5.75 Å². The maximum absolute atomic E-state index is 11.1. The van der Waals surface area contributed by atoms with Gasteiger partial charge in [-0.2, -0.15) is 0 Å². The lowest BCUT2D eigenvalue weighted by molar-refractivity contribution is 0.439. The molecular weight excluding hydrogens is 397 g/mol. The SMILES string of the molecule is CP(c1ccccc1)c1ccccc1NCc1cc(C(C)(C)C)cc(C(C)(C)C)c1O. The van der Waals surface area contributed by atoms with E-state index in [9.17, 15) is 5.11 Å². The quantitative estimate of drug-likeness (QED) is 0.441. The summed E-state index contributed by atoms with van der Waals surface area (Å²) in [6, 6.07) is 23.6. The normalized spacial score (nSPS) is 13.1. The van der Waals surface area contributed by atoms with E-state index in [1.54, 1.807) is 0 Å². The highest BCUT2D eigenvalue weighted by atomic mass is 31.1. The van der Waals surface area contributed by atoms with Crippen molar-refractivity contribution in [2.45, 2.75) is 58.9 Å². The van der Waals surface area contributed by atoms with Gasteiger partial charge in [-0.25, -0.2) is 0 Å². The van der Waals surface area contributed by atoms with Gasteiger partial charge in [-0.15, -0.1) is 0 Å². The summed E-state index contributed by atoms with van der Waals surface area (Å²) in [7, 11) is -0.454. The third-order valence-electron chi connectivity index (χ3n) is 5.74. The van der Waals surface area contributed by atoms with Crippen molar-refractivity contribution >= 4 is 24.2 Å². The maximum Gasteiger partial charge on any atom is 0.124 e. The first-order chi connectivity index (χ1) is 14.5. The van der Waals surface area contributed by atoms with E-state index in [0.717, 1.165) is 16.8 Å². The van der Waals surface area contributed by atoms with Crippen LogP contribution in [0, 0.1) is 0 Å². The van der Waals surface area contributed by atoms with Crippen molar-refractivity contribution in [3.63, 3.8) is 0 Å². The van der Waals surface area contributed by atoms with E-state index >= 15 is 0 Å². The minimum Gasteiger partial charge on any atom is -0.507 e. The van der Waals surface area contributed by atoms with Gasteiger partial charge in [0.1, 0.15) is 5.75 Å². The third-order valence-corrected chi connectivity index (χ3v) is 7.93. The second-order valence-corrected chi connectivity index (χ2v) is 12.4. The maximum atomic E-state index is 11.1. The predicted octanol–water partition coefficient (Wildman–Crippen LogP) is 6.66. The number of hydrogen-bond donors (Lipinski definition) is 2. The second-order valence-electron chi connectivity index (χ2n) is 10.3. The summed E-state index contributed by atoms with van der Waals surface area (Å²) in [6.07, 6.45) is 0. The molecule has 0 aliphatic rings. The molecule has 0 radical (unpaired) electrons. The number of phenols is 1. The number of rotatable bonds is 5. The fourth-order valence-electron chi connectivity index (χ4n) is 3.73. The molecular formula is C28H36NOP. The fraction of sp³-hybridized carbons (Fsp3) is 0.357. The van der Waals surface area contributed by atoms with E-state index < -0.39 is 7.92 Å². The van der Waals surface area contributed by atoms with Crippen molar-refractivity contribution in [1.82, 2.24) is 0 Å². The van der Waals surface area contributed by atoms with Crippen LogP contribution in [0.4, 0.5) is 5.69 Å². The highest BCUT2D eigenvalue weighted by Gasteiger charge is 2.25. The topological polar surface area (TPSA) is 32.3 Å². The lowest BCUT2D eigenvalue weighted by atomic mass is 9.79. The first-order valence-electron chi connectivity index (χ1n) is 11.0. The largest absolute Gasteiger partial charge is 0.507 e. The van der Waals surface area contributed by atoms with Gasteiger partial charge in [0.2, 0.25) is 0 Å². The van der Waals surface area contributed by atoms with Gasteiger partial charge < -0.3 is 10.4 Å². The number of benzene rings is 3. The second kappa shape index (κ2) is 9.05. The Labute approximate surface area is 189 Å². The average molecular weight is 434 g/mol. The Balaban J connectivity index is 1.95. The number of anilines is 1. The number of aromatic hydroxyl groups is 1. The standard InChI is InChI=1S/C28H36NOP/c1-27(2,3)21-17-20(26(30)23(18-21)28(4,5)6)19-29-24-15-11-12-16-25(24)31(7)22-13-9-8-10-14-22/h8-18,29-30H,19H2,1-7H3. The van der Waals surface area contributed by atoms with Gasteiger partial charge in [0.25, 0.3) is 0 Å². The molecule has 164 valence electrons. The molecule has 31 heavy (non-hydrogen) atoms. The van der Waals surface area contributed by atoms with Gasteiger partial charge >= 0.3 is 0 Å². The Bertz CT molecular complexity index is 1030. The molecule has 0 aliphatic carbocycles. The molecule has 0 aliphatic heterocycles. The molecule has 3 heteroatoms. The Kier molecular flexibility index (Phi) is 6.82. The Hall–Kier alpha value is -2.31. The summed E-state index contributed by atoms with van der Waals surface area (Å²) in [6.45, 7) is 16.0. The smallest absolute Gasteiger partial charge is 0.124 e. The van der Waals surface area contributed by atoms with Crippen molar-refractivity contribution < 1.29 is 5.11 Å². The minimum atomic E-state index is -0.454. The monoisotopic (exact) mass is 433 g/mol. The number of nitrogens with one attached hydrogen (secondary N) is 1. The highest BCUT2D eigenvalue weighted by Crippen LogP contribution is 2.38. The average Bonchev–Trinajstić information content (AvgIpc) is 2.71. The number of phenolic OH excluding ortho intramolecular Hbond substituents is 1. The van der Waals surface area contributed by atoms with Crippen LogP contribution in [0.2, 0.25) is 0 Å². The van der Waals surface area contributed by atoms with Crippen molar-refractivity contribution in [2.24, 2.45) is 0 Å². The van der Waals surface area contributed by atoms with E-state index in [-0.39, 0.29) is 10.8 Å². The summed E-state index contributed by atoms with van der Waals surface area (Å²) < 4.78 is 0. The van der Waals surface area contributed by atoms with Gasteiger partial charge in [-0.05, 0) is 54.0 Å². The molecule has 0 bridgehead atoms. The van der Waals surface area contributed by atoms with E-state index in [0.29, 0.717) is 12.3 Å². The molecule has 0 heterocycles. The molecule has 3 rings (SSSR count). The zero-order valence-electron chi connectivity index (χ0n) is 20.0. The van der Waals surface area contributed by atoms with E-state index in [4.69, 9.17) is 0 Å². The summed E-state index contributed by atoms with van der Waals surface area (Å²) >= 11 is 0. The molecule has 0 amide bonds. The van der Waals surface area contributed by atoms with Crippen LogP contribution < -0.4 is 15.9 Å². The zero-order chi connectivity index (χ0) is 22.8. The minimum absolute atomic E-state index is 0.0193. The van der Waals surface area contributed by atoms with E-state index in [2.05, 4.69) is 120 Å². The Morgan fingerprint density at radius 3 is 2.03 bits per heavy atom. The zero-order valence-corrected chi connectivity index (χ0v) is 20.8. The van der Waals surface area contributed by atoms with Crippen LogP contribution in [0.1, 0.15) is 58.2 Å². The van der Waals surface area contributed by atoms with Crippen LogP contribution in [-0.2, 0) is 17.4 Å². The third kappa shape index (κ3) is 5.49. The molecule has 1 atom stereocenters. The van der Waals surface area contributed by atoms with Gasteiger partial charge in [0.05, 0.1) is 0 Å². The van der Waals surface area contributed by atoms with Crippen LogP contribution in [0.5, 0.6) is 5.75 Å². The number of hydrogen-bond acceptors (Lipinski definition) is 2. The molecule has 0 saturated carbocycles. The van der Waals surface area contributed by atoms with Crippen LogP contribution in [-0.4, -0.2) is 11.8 Å². The molecule has 1 unspecified atom stereocenters. The Morgan fingerprint density at radius 2 is 1.42 bits per heavy atom. The van der Waals surface area contributed by atoms with Gasteiger partial charge in [0, 0.05) is 23.1 Å². The first kappa shape index (κ1) is 23.4. The summed E-state index contributed by atoms with van der Waals surface area (Å²) in [5.41, 5.74) is 4.24. The van der Waals surface area contributed by atoms with Gasteiger partial charge in [-0.1, -0.05) is 96.1 Å². The van der Waals surface area contributed by atoms with Crippen molar-refractivity contribution in [2.75, 3.05) is 12.0 Å². The van der Waals surface area contributed by atoms with E-state index in [1.165, 1.54) is 16.2 Å².